The normalized spacial score (nSPS) is 13.4. The van der Waals surface area contributed by atoms with Gasteiger partial charge in [-0.3, -0.25) is 0 Å². The van der Waals surface area contributed by atoms with Crippen LogP contribution in [0.15, 0.2) is 5.18 Å². The standard InChI is InChI=1S/C6H5F6NO3/c1-2-16-3(14)4(13-15,5(7,8)9)6(10,11)12/h2H2,1H3. The number of carbonyl (C=O) groups excluding carboxylic acids is 1. The second kappa shape index (κ2) is 4.26. The second-order valence-corrected chi connectivity index (χ2v) is 2.52. The molecule has 94 valence electrons. The molecule has 0 heterocycles. The molecule has 0 atom stereocenters. The number of hydrogen-bond donors (Lipinski definition) is 0. The van der Waals surface area contributed by atoms with E-state index >= 15 is 0 Å². The van der Waals surface area contributed by atoms with Crippen molar-refractivity contribution < 1.29 is 35.9 Å². The first-order valence-corrected chi connectivity index (χ1v) is 3.69. The van der Waals surface area contributed by atoms with Gasteiger partial charge < -0.3 is 4.74 Å². The molecule has 0 aliphatic heterocycles. The van der Waals surface area contributed by atoms with Crippen molar-refractivity contribution in [3.05, 3.63) is 4.91 Å². The van der Waals surface area contributed by atoms with Gasteiger partial charge in [0.05, 0.1) is 6.61 Å². The van der Waals surface area contributed by atoms with Crippen LogP contribution in [0.3, 0.4) is 0 Å². The zero-order chi connectivity index (χ0) is 13.2. The minimum absolute atomic E-state index is 0.748. The van der Waals surface area contributed by atoms with Gasteiger partial charge in [-0.2, -0.15) is 26.3 Å². The van der Waals surface area contributed by atoms with Gasteiger partial charge in [0, 0.05) is 0 Å². The maximum atomic E-state index is 12.1. The summed E-state index contributed by atoms with van der Waals surface area (Å²) in [7, 11) is 0. The van der Waals surface area contributed by atoms with Crippen LogP contribution in [-0.4, -0.2) is 30.5 Å². The average Bonchev–Trinajstić information content (AvgIpc) is 2.00. The summed E-state index contributed by atoms with van der Waals surface area (Å²) in [5, 5.41) is 0.906. The minimum Gasteiger partial charge on any atom is -0.464 e. The Hall–Kier alpha value is -1.35. The smallest absolute Gasteiger partial charge is 0.437 e. The minimum atomic E-state index is -6.21. The Morgan fingerprint density at radius 3 is 1.69 bits per heavy atom. The van der Waals surface area contributed by atoms with Crippen molar-refractivity contribution in [3.63, 3.8) is 0 Å². The van der Waals surface area contributed by atoms with Crippen molar-refractivity contribution in [2.45, 2.75) is 24.8 Å². The molecule has 10 heteroatoms. The Bertz CT molecular complexity index is 269. The quantitative estimate of drug-likeness (QED) is 0.440. The first kappa shape index (κ1) is 14.6. The van der Waals surface area contributed by atoms with E-state index < -0.39 is 30.5 Å². The summed E-state index contributed by atoms with van der Waals surface area (Å²) in [4.78, 5) is 20.5. The summed E-state index contributed by atoms with van der Waals surface area (Å²) >= 11 is 0. The van der Waals surface area contributed by atoms with E-state index in [-0.39, 0.29) is 0 Å². The molecule has 0 aromatic carbocycles. The number of ether oxygens (including phenoxy) is 1. The van der Waals surface area contributed by atoms with Crippen LogP contribution in [-0.2, 0) is 9.53 Å². The summed E-state index contributed by atoms with van der Waals surface area (Å²) in [5.74, 6) is -2.79. The number of alkyl halides is 6. The number of nitroso groups, excluding NO2 is 1. The molecule has 0 bridgehead atoms. The highest BCUT2D eigenvalue weighted by Crippen LogP contribution is 2.46. The van der Waals surface area contributed by atoms with E-state index in [9.17, 15) is 36.0 Å². The molecule has 0 fully saturated rings. The SMILES string of the molecule is CCOC(=O)C(N=O)(C(F)(F)F)C(F)(F)F. The van der Waals surface area contributed by atoms with Crippen LogP contribution in [0.4, 0.5) is 26.3 Å². The lowest BCUT2D eigenvalue weighted by Gasteiger charge is -2.28. The molecule has 0 saturated carbocycles. The lowest BCUT2D eigenvalue weighted by atomic mass is 10.00. The van der Waals surface area contributed by atoms with Crippen LogP contribution in [0.25, 0.3) is 0 Å². The molecule has 16 heavy (non-hydrogen) atoms. The van der Waals surface area contributed by atoms with E-state index in [4.69, 9.17) is 0 Å². The molecule has 0 saturated heterocycles. The fourth-order valence-corrected chi connectivity index (χ4v) is 0.768. The molecular weight excluding hydrogens is 248 g/mol. The monoisotopic (exact) mass is 253 g/mol. The van der Waals surface area contributed by atoms with Crippen LogP contribution in [0.2, 0.25) is 0 Å². The highest BCUT2D eigenvalue weighted by molar-refractivity contribution is 5.83. The number of rotatable bonds is 3. The van der Waals surface area contributed by atoms with Gasteiger partial charge in [0.2, 0.25) is 0 Å². The van der Waals surface area contributed by atoms with Crippen LogP contribution in [0.5, 0.6) is 0 Å². The van der Waals surface area contributed by atoms with Crippen molar-refractivity contribution in [1.82, 2.24) is 0 Å². The van der Waals surface area contributed by atoms with E-state index in [1.807, 2.05) is 0 Å². The van der Waals surface area contributed by atoms with E-state index in [0.29, 0.717) is 0 Å². The van der Waals surface area contributed by atoms with Crippen molar-refractivity contribution in [3.8, 4) is 0 Å². The number of carbonyl (C=O) groups is 1. The molecule has 0 aromatic heterocycles. The molecule has 0 spiro atoms. The average molecular weight is 253 g/mol. The molecule has 0 amide bonds. The summed E-state index contributed by atoms with van der Waals surface area (Å²) in [6.07, 6.45) is -12.4. The van der Waals surface area contributed by atoms with Crippen molar-refractivity contribution in [1.29, 1.82) is 0 Å². The first-order chi connectivity index (χ1) is 7.04. The summed E-state index contributed by atoms with van der Waals surface area (Å²) in [6, 6.07) is 0. The van der Waals surface area contributed by atoms with Crippen molar-refractivity contribution >= 4 is 5.97 Å². The van der Waals surface area contributed by atoms with Crippen LogP contribution in [0, 0.1) is 4.91 Å². The fraction of sp³-hybridized carbons (Fsp3) is 0.833. The van der Waals surface area contributed by atoms with Gasteiger partial charge in [-0.1, -0.05) is 0 Å². The molecule has 4 nitrogen and oxygen atoms in total. The van der Waals surface area contributed by atoms with Gasteiger partial charge in [-0.15, -0.1) is 4.91 Å². The van der Waals surface area contributed by atoms with Crippen LogP contribution >= 0.6 is 0 Å². The summed E-state index contributed by atoms with van der Waals surface area (Å²) in [6.45, 7) is 0.239. The van der Waals surface area contributed by atoms with Gasteiger partial charge >= 0.3 is 23.9 Å². The van der Waals surface area contributed by atoms with E-state index in [1.54, 1.807) is 0 Å². The fourth-order valence-electron chi connectivity index (χ4n) is 0.768. The molecule has 0 unspecified atom stereocenters. The molecule has 0 radical (unpaired) electrons. The Morgan fingerprint density at radius 1 is 1.12 bits per heavy atom. The molecule has 0 aromatic rings. The Kier molecular flexibility index (Phi) is 3.90. The van der Waals surface area contributed by atoms with Crippen molar-refractivity contribution in [2.24, 2.45) is 5.18 Å². The van der Waals surface area contributed by atoms with Gasteiger partial charge in [-0.25, -0.2) is 4.79 Å². The lowest BCUT2D eigenvalue weighted by molar-refractivity contribution is -0.292. The maximum absolute atomic E-state index is 12.1. The number of halogens is 6. The number of nitrogens with zero attached hydrogens (tertiary/aromatic N) is 1. The molecule has 0 N–H and O–H groups in total. The third kappa shape index (κ3) is 2.09. The van der Waals surface area contributed by atoms with Crippen LogP contribution < -0.4 is 0 Å². The third-order valence-electron chi connectivity index (χ3n) is 1.53. The van der Waals surface area contributed by atoms with Gasteiger partial charge in [0.25, 0.3) is 0 Å². The summed E-state index contributed by atoms with van der Waals surface area (Å²) in [5.41, 5.74) is -5.37. The third-order valence-corrected chi connectivity index (χ3v) is 1.53. The highest BCUT2D eigenvalue weighted by atomic mass is 19.4. The van der Waals surface area contributed by atoms with Gasteiger partial charge in [0.1, 0.15) is 0 Å². The lowest BCUT2D eigenvalue weighted by Crippen LogP contribution is -2.61. The zero-order valence-electron chi connectivity index (χ0n) is 7.65. The first-order valence-electron chi connectivity index (χ1n) is 3.69. The van der Waals surface area contributed by atoms with E-state index in [1.165, 1.54) is 0 Å². The predicted octanol–water partition coefficient (Wildman–Crippen LogP) is 2.18. The number of esters is 1. The highest BCUT2D eigenvalue weighted by Gasteiger charge is 2.79. The molecule has 0 aliphatic carbocycles. The zero-order valence-corrected chi connectivity index (χ0v) is 7.65. The van der Waals surface area contributed by atoms with Gasteiger partial charge in [0.15, 0.2) is 0 Å². The molecular formula is C6H5F6NO3. The summed E-state index contributed by atoms with van der Waals surface area (Å²) < 4.78 is 76.4. The maximum Gasteiger partial charge on any atom is 0.437 e. The Morgan fingerprint density at radius 2 is 1.50 bits per heavy atom. The largest absolute Gasteiger partial charge is 0.464 e. The predicted molar refractivity (Wildman–Crippen MR) is 37.3 cm³/mol. The Balaban J connectivity index is 5.68. The van der Waals surface area contributed by atoms with Crippen LogP contribution in [0.1, 0.15) is 6.92 Å². The second-order valence-electron chi connectivity index (χ2n) is 2.52. The van der Waals surface area contributed by atoms with Crippen molar-refractivity contribution in [2.75, 3.05) is 6.61 Å². The van der Waals surface area contributed by atoms with Gasteiger partial charge in [-0.05, 0) is 12.1 Å². The van der Waals surface area contributed by atoms with E-state index in [2.05, 4.69) is 4.74 Å². The molecule has 0 rings (SSSR count). The Labute approximate surface area is 84.5 Å². The molecule has 0 aliphatic rings. The topological polar surface area (TPSA) is 55.7 Å². The number of hydrogen-bond acceptors (Lipinski definition) is 4. The van der Waals surface area contributed by atoms with E-state index in [0.717, 1.165) is 12.1 Å².